The van der Waals surface area contributed by atoms with E-state index in [4.69, 9.17) is 11.6 Å². The molecule has 0 bridgehead atoms. The molecule has 3 rings (SSSR count). The Bertz CT molecular complexity index is 822. The summed E-state index contributed by atoms with van der Waals surface area (Å²) in [5.41, 5.74) is 2.39. The highest BCUT2D eigenvalue weighted by Gasteiger charge is 2.06. The molecule has 1 aromatic carbocycles. The molecule has 0 radical (unpaired) electrons. The lowest BCUT2D eigenvalue weighted by atomic mass is 10.1. The van der Waals surface area contributed by atoms with Gasteiger partial charge < -0.3 is 5.32 Å². The normalized spacial score (nSPS) is 10.8. The van der Waals surface area contributed by atoms with Crippen molar-refractivity contribution in [3.05, 3.63) is 65.1 Å². The number of aromatic nitrogens is 4. The fraction of sp³-hybridized carbons (Fsp3) is 0.235. The molecule has 7 heteroatoms. The first-order valence-corrected chi connectivity index (χ1v) is 8.03. The van der Waals surface area contributed by atoms with Crippen molar-refractivity contribution in [1.82, 2.24) is 19.6 Å². The van der Waals surface area contributed by atoms with Crippen molar-refractivity contribution in [3.8, 4) is 0 Å². The van der Waals surface area contributed by atoms with Crippen LogP contribution in [0.1, 0.15) is 17.5 Å². The number of carbonyl (C=O) groups is 1. The quantitative estimate of drug-likeness (QED) is 0.748. The third-order valence-corrected chi connectivity index (χ3v) is 3.74. The Kier molecular flexibility index (Phi) is 4.96. The first-order chi connectivity index (χ1) is 11.6. The van der Waals surface area contributed by atoms with Crippen molar-refractivity contribution >= 4 is 23.3 Å². The van der Waals surface area contributed by atoms with E-state index >= 15 is 0 Å². The van der Waals surface area contributed by atoms with E-state index in [0.717, 1.165) is 5.56 Å². The summed E-state index contributed by atoms with van der Waals surface area (Å²) in [5.74, 6) is 0.438. The smallest absolute Gasteiger partial charge is 0.227 e. The van der Waals surface area contributed by atoms with Crippen LogP contribution in [0.4, 0.5) is 5.82 Å². The van der Waals surface area contributed by atoms with Crippen molar-refractivity contribution in [2.45, 2.75) is 26.4 Å². The minimum absolute atomic E-state index is 0.109. The number of rotatable bonds is 6. The number of nitrogens with zero attached hydrogens (tertiary/aromatic N) is 4. The van der Waals surface area contributed by atoms with Crippen molar-refractivity contribution < 1.29 is 4.79 Å². The number of aryl methyl sites for hydroxylation is 2. The Labute approximate surface area is 145 Å². The lowest BCUT2D eigenvalue weighted by Crippen LogP contribution is -2.15. The van der Waals surface area contributed by atoms with Gasteiger partial charge in [-0.1, -0.05) is 41.4 Å². The second-order valence-corrected chi connectivity index (χ2v) is 6.04. The molecular weight excluding hydrogens is 326 g/mol. The van der Waals surface area contributed by atoms with E-state index in [-0.39, 0.29) is 5.91 Å². The van der Waals surface area contributed by atoms with Gasteiger partial charge in [0.1, 0.15) is 0 Å². The molecule has 3 aromatic rings. The minimum Gasteiger partial charge on any atom is -0.309 e. The molecule has 0 saturated heterocycles. The van der Waals surface area contributed by atoms with Crippen molar-refractivity contribution in [1.29, 1.82) is 0 Å². The van der Waals surface area contributed by atoms with Crippen LogP contribution in [0.2, 0.25) is 5.02 Å². The lowest BCUT2D eigenvalue weighted by molar-refractivity contribution is -0.116. The zero-order valence-electron chi connectivity index (χ0n) is 13.3. The molecule has 0 unspecified atom stereocenters. The van der Waals surface area contributed by atoms with Gasteiger partial charge >= 0.3 is 0 Å². The van der Waals surface area contributed by atoms with Crippen LogP contribution in [-0.2, 0) is 17.9 Å². The molecular formula is C17H18ClN5O. The summed E-state index contributed by atoms with van der Waals surface area (Å²) < 4.78 is 3.44. The van der Waals surface area contributed by atoms with Gasteiger partial charge in [0.2, 0.25) is 5.91 Å². The Morgan fingerprint density at radius 3 is 2.71 bits per heavy atom. The van der Waals surface area contributed by atoms with Gasteiger partial charge in [0.05, 0.1) is 17.8 Å². The molecule has 1 amide bonds. The van der Waals surface area contributed by atoms with Crippen molar-refractivity contribution in [3.63, 3.8) is 0 Å². The topological polar surface area (TPSA) is 64.7 Å². The number of hydrogen-bond acceptors (Lipinski definition) is 3. The summed E-state index contributed by atoms with van der Waals surface area (Å²) in [5, 5.41) is 11.8. The van der Waals surface area contributed by atoms with E-state index in [1.165, 1.54) is 5.56 Å². The number of nitrogens with one attached hydrogen (secondary N) is 1. The second kappa shape index (κ2) is 7.31. The molecule has 0 aliphatic rings. The van der Waals surface area contributed by atoms with Gasteiger partial charge in [0, 0.05) is 31.4 Å². The molecule has 2 heterocycles. The summed E-state index contributed by atoms with van der Waals surface area (Å²) in [6, 6.07) is 10.1. The first kappa shape index (κ1) is 16.3. The maximum absolute atomic E-state index is 12.0. The van der Waals surface area contributed by atoms with E-state index in [0.29, 0.717) is 30.4 Å². The summed E-state index contributed by atoms with van der Waals surface area (Å²) >= 11 is 5.79. The summed E-state index contributed by atoms with van der Waals surface area (Å²) in [7, 11) is 0. The molecule has 0 saturated carbocycles. The molecule has 2 aromatic heterocycles. The van der Waals surface area contributed by atoms with E-state index in [2.05, 4.69) is 46.7 Å². The molecule has 0 aliphatic heterocycles. The molecule has 124 valence electrons. The standard InChI is InChI=1S/C17H18ClN5O/c1-13-2-4-14(5-3-13)11-23-8-6-16(21-23)20-17(24)7-9-22-12-15(18)10-19-22/h2-6,8,10,12H,7,9,11H2,1H3,(H,20,21,24). The average Bonchev–Trinajstić information content (AvgIpc) is 3.17. The summed E-state index contributed by atoms with van der Waals surface area (Å²) in [4.78, 5) is 12.0. The second-order valence-electron chi connectivity index (χ2n) is 5.60. The van der Waals surface area contributed by atoms with E-state index in [9.17, 15) is 4.79 Å². The average molecular weight is 344 g/mol. The maximum Gasteiger partial charge on any atom is 0.227 e. The van der Waals surface area contributed by atoms with Gasteiger partial charge in [-0.05, 0) is 12.5 Å². The Morgan fingerprint density at radius 1 is 1.21 bits per heavy atom. The number of carbonyl (C=O) groups excluding carboxylic acids is 1. The predicted molar refractivity (Wildman–Crippen MR) is 93.0 cm³/mol. The molecule has 6 nitrogen and oxygen atoms in total. The highest BCUT2D eigenvalue weighted by molar-refractivity contribution is 6.30. The number of anilines is 1. The van der Waals surface area contributed by atoms with Crippen LogP contribution in [0.5, 0.6) is 0 Å². The van der Waals surface area contributed by atoms with E-state index in [1.54, 1.807) is 27.8 Å². The highest BCUT2D eigenvalue weighted by atomic mass is 35.5. The number of benzene rings is 1. The van der Waals surface area contributed by atoms with Crippen LogP contribution in [0.15, 0.2) is 48.9 Å². The monoisotopic (exact) mass is 343 g/mol. The third kappa shape index (κ3) is 4.45. The third-order valence-electron chi connectivity index (χ3n) is 3.54. The van der Waals surface area contributed by atoms with Gasteiger partial charge in [0.25, 0.3) is 0 Å². The van der Waals surface area contributed by atoms with Crippen LogP contribution in [0.3, 0.4) is 0 Å². The van der Waals surface area contributed by atoms with Crippen LogP contribution < -0.4 is 5.32 Å². The lowest BCUT2D eigenvalue weighted by Gasteiger charge is -2.04. The predicted octanol–water partition coefficient (Wildman–Crippen LogP) is 3.12. The molecule has 0 aliphatic carbocycles. The van der Waals surface area contributed by atoms with Crippen molar-refractivity contribution in [2.75, 3.05) is 5.32 Å². The number of halogens is 1. The van der Waals surface area contributed by atoms with Gasteiger partial charge in [-0.2, -0.15) is 10.2 Å². The molecule has 0 atom stereocenters. The highest BCUT2D eigenvalue weighted by Crippen LogP contribution is 2.09. The minimum atomic E-state index is -0.109. The van der Waals surface area contributed by atoms with Crippen LogP contribution in [-0.4, -0.2) is 25.5 Å². The van der Waals surface area contributed by atoms with Crippen LogP contribution in [0, 0.1) is 6.92 Å². The Morgan fingerprint density at radius 2 is 2.00 bits per heavy atom. The SMILES string of the molecule is Cc1ccc(Cn2ccc(NC(=O)CCn3cc(Cl)cn3)n2)cc1. The number of hydrogen-bond donors (Lipinski definition) is 1. The Hall–Kier alpha value is -2.60. The Balaban J connectivity index is 1.51. The molecule has 1 N–H and O–H groups in total. The maximum atomic E-state index is 12.0. The summed E-state index contributed by atoms with van der Waals surface area (Å²) in [6.07, 6.45) is 5.39. The largest absolute Gasteiger partial charge is 0.309 e. The zero-order valence-corrected chi connectivity index (χ0v) is 14.1. The van der Waals surface area contributed by atoms with Gasteiger partial charge in [-0.15, -0.1) is 0 Å². The van der Waals surface area contributed by atoms with Crippen molar-refractivity contribution in [2.24, 2.45) is 0 Å². The van der Waals surface area contributed by atoms with E-state index < -0.39 is 0 Å². The molecule has 0 fully saturated rings. The fourth-order valence-electron chi connectivity index (χ4n) is 2.28. The fourth-order valence-corrected chi connectivity index (χ4v) is 2.44. The van der Waals surface area contributed by atoms with E-state index in [1.807, 2.05) is 6.20 Å². The van der Waals surface area contributed by atoms with Gasteiger partial charge in [0.15, 0.2) is 5.82 Å². The molecule has 24 heavy (non-hydrogen) atoms. The van der Waals surface area contributed by atoms with Crippen LogP contribution >= 0.6 is 11.6 Å². The first-order valence-electron chi connectivity index (χ1n) is 7.65. The zero-order chi connectivity index (χ0) is 16.9. The summed E-state index contributed by atoms with van der Waals surface area (Å²) in [6.45, 7) is 3.20. The van der Waals surface area contributed by atoms with Gasteiger partial charge in [-0.3, -0.25) is 14.2 Å². The van der Waals surface area contributed by atoms with Crippen LogP contribution in [0.25, 0.3) is 0 Å². The van der Waals surface area contributed by atoms with Gasteiger partial charge in [-0.25, -0.2) is 0 Å². The molecule has 0 spiro atoms. The number of amides is 1.